The fourth-order valence-corrected chi connectivity index (χ4v) is 3.59. The highest BCUT2D eigenvalue weighted by Crippen LogP contribution is 2.33. The van der Waals surface area contributed by atoms with Crippen molar-refractivity contribution in [2.24, 2.45) is 0 Å². The molecule has 0 aliphatic heterocycles. The minimum atomic E-state index is -0.863. The van der Waals surface area contributed by atoms with Crippen LogP contribution in [0, 0.1) is 0 Å². The van der Waals surface area contributed by atoms with E-state index in [0.717, 1.165) is 39.4 Å². The van der Waals surface area contributed by atoms with Gasteiger partial charge in [-0.1, -0.05) is 12.1 Å². The van der Waals surface area contributed by atoms with Gasteiger partial charge in [0.25, 0.3) is 0 Å². The standard InChI is InChI=1S/C24H28N6O2/c1-23(2,3)29-21-17(22-27-18-8-6-7-9-19(18)28-22)10-15(12-25-21)16-13-26-30(14-16)24(4,5)11-20(31)32/h6-10,12-14H,11H2,1-5H3,(H,25,29)(H,27,28)(H,31,32). The highest BCUT2D eigenvalue weighted by atomic mass is 16.4. The van der Waals surface area contributed by atoms with Gasteiger partial charge in [0.1, 0.15) is 11.6 Å². The Morgan fingerprint density at radius 2 is 1.88 bits per heavy atom. The molecular formula is C24H28N6O2. The summed E-state index contributed by atoms with van der Waals surface area (Å²) in [4.78, 5) is 24.1. The smallest absolute Gasteiger partial charge is 0.305 e. The first kappa shape index (κ1) is 21.5. The molecule has 0 fully saturated rings. The summed E-state index contributed by atoms with van der Waals surface area (Å²) in [6, 6.07) is 9.93. The van der Waals surface area contributed by atoms with Crippen LogP contribution >= 0.6 is 0 Å². The Hall–Kier alpha value is -3.68. The quantitative estimate of drug-likeness (QED) is 0.399. The van der Waals surface area contributed by atoms with Crippen LogP contribution in [0.5, 0.6) is 0 Å². The van der Waals surface area contributed by atoms with Crippen LogP contribution in [0.1, 0.15) is 41.0 Å². The van der Waals surface area contributed by atoms with Gasteiger partial charge in [0.05, 0.1) is 34.8 Å². The molecule has 32 heavy (non-hydrogen) atoms. The van der Waals surface area contributed by atoms with Crippen molar-refractivity contribution in [1.29, 1.82) is 0 Å². The summed E-state index contributed by atoms with van der Waals surface area (Å²) in [6.45, 7) is 9.96. The van der Waals surface area contributed by atoms with Gasteiger partial charge in [0.15, 0.2) is 0 Å². The second-order valence-corrected chi connectivity index (χ2v) is 9.65. The molecule has 0 aliphatic rings. The molecule has 0 aliphatic carbocycles. The molecule has 0 unspecified atom stereocenters. The van der Waals surface area contributed by atoms with E-state index in [2.05, 4.69) is 36.2 Å². The Balaban J connectivity index is 1.78. The Labute approximate surface area is 186 Å². The van der Waals surface area contributed by atoms with Crippen LogP contribution in [0.4, 0.5) is 5.82 Å². The molecule has 3 aromatic heterocycles. The van der Waals surface area contributed by atoms with E-state index in [1.54, 1.807) is 17.1 Å². The number of nitrogens with zero attached hydrogens (tertiary/aromatic N) is 4. The summed E-state index contributed by atoms with van der Waals surface area (Å²) in [5, 5.41) is 17.1. The van der Waals surface area contributed by atoms with Crippen LogP contribution in [0.2, 0.25) is 0 Å². The van der Waals surface area contributed by atoms with Crippen LogP contribution in [0.3, 0.4) is 0 Å². The Bertz CT molecular complexity index is 1250. The molecular weight excluding hydrogens is 404 g/mol. The maximum Gasteiger partial charge on any atom is 0.305 e. The fourth-order valence-electron chi connectivity index (χ4n) is 3.59. The van der Waals surface area contributed by atoms with E-state index in [9.17, 15) is 9.90 Å². The lowest BCUT2D eigenvalue weighted by molar-refractivity contribution is -0.139. The first-order valence-corrected chi connectivity index (χ1v) is 10.5. The minimum absolute atomic E-state index is 0.0228. The van der Waals surface area contributed by atoms with Gasteiger partial charge < -0.3 is 15.4 Å². The summed E-state index contributed by atoms with van der Waals surface area (Å²) in [5.41, 5.74) is 3.60. The van der Waals surface area contributed by atoms with Gasteiger partial charge in [-0.05, 0) is 52.8 Å². The van der Waals surface area contributed by atoms with Crippen molar-refractivity contribution in [2.45, 2.75) is 52.1 Å². The SMILES string of the molecule is CC(C)(C)Nc1ncc(-c2cnn(C(C)(C)CC(=O)O)c2)cc1-c1nc2ccccc2[nH]1. The number of imidazole rings is 1. The van der Waals surface area contributed by atoms with E-state index in [1.807, 2.05) is 50.4 Å². The highest BCUT2D eigenvalue weighted by molar-refractivity contribution is 5.84. The van der Waals surface area contributed by atoms with Gasteiger partial charge in [-0.25, -0.2) is 9.97 Å². The molecule has 166 valence electrons. The Kier molecular flexibility index (Phi) is 5.24. The van der Waals surface area contributed by atoms with Crippen LogP contribution < -0.4 is 5.32 Å². The average molecular weight is 433 g/mol. The van der Waals surface area contributed by atoms with Crippen molar-refractivity contribution in [2.75, 3.05) is 5.32 Å². The van der Waals surface area contributed by atoms with Crippen LogP contribution in [-0.4, -0.2) is 41.3 Å². The van der Waals surface area contributed by atoms with Crippen molar-refractivity contribution >= 4 is 22.8 Å². The predicted molar refractivity (Wildman–Crippen MR) is 125 cm³/mol. The summed E-state index contributed by atoms with van der Waals surface area (Å²) in [5.74, 6) is 0.600. The van der Waals surface area contributed by atoms with Crippen molar-refractivity contribution in [1.82, 2.24) is 24.7 Å². The van der Waals surface area contributed by atoms with Gasteiger partial charge in [-0.3, -0.25) is 9.48 Å². The van der Waals surface area contributed by atoms with E-state index in [-0.39, 0.29) is 12.0 Å². The molecule has 3 N–H and O–H groups in total. The van der Waals surface area contributed by atoms with Crippen molar-refractivity contribution in [3.8, 4) is 22.5 Å². The van der Waals surface area contributed by atoms with Crippen molar-refractivity contribution < 1.29 is 9.90 Å². The maximum atomic E-state index is 11.2. The van der Waals surface area contributed by atoms with Gasteiger partial charge in [0.2, 0.25) is 0 Å². The van der Waals surface area contributed by atoms with E-state index in [1.165, 1.54) is 0 Å². The molecule has 0 saturated carbocycles. The summed E-state index contributed by atoms with van der Waals surface area (Å²) in [7, 11) is 0. The van der Waals surface area contributed by atoms with Crippen LogP contribution in [0.15, 0.2) is 48.9 Å². The zero-order valence-corrected chi connectivity index (χ0v) is 19.0. The van der Waals surface area contributed by atoms with E-state index < -0.39 is 11.5 Å². The number of pyridine rings is 1. The first-order chi connectivity index (χ1) is 15.0. The molecule has 0 bridgehead atoms. The van der Waals surface area contributed by atoms with Gasteiger partial charge in [-0.15, -0.1) is 0 Å². The average Bonchev–Trinajstić information content (AvgIpc) is 3.34. The number of anilines is 1. The number of fused-ring (bicyclic) bond motifs is 1. The van der Waals surface area contributed by atoms with Crippen LogP contribution in [0.25, 0.3) is 33.5 Å². The molecule has 4 aromatic rings. The number of aromatic nitrogens is 5. The largest absolute Gasteiger partial charge is 0.481 e. The monoisotopic (exact) mass is 432 g/mol. The summed E-state index contributed by atoms with van der Waals surface area (Å²) >= 11 is 0. The van der Waals surface area contributed by atoms with E-state index in [0.29, 0.717) is 0 Å². The molecule has 8 heteroatoms. The normalized spacial score (nSPS) is 12.3. The number of hydrogen-bond acceptors (Lipinski definition) is 5. The minimum Gasteiger partial charge on any atom is -0.481 e. The third-order valence-electron chi connectivity index (χ3n) is 5.15. The molecule has 8 nitrogen and oxygen atoms in total. The number of para-hydroxylation sites is 2. The summed E-state index contributed by atoms with van der Waals surface area (Å²) in [6.07, 6.45) is 5.37. The number of aliphatic carboxylic acids is 1. The fraction of sp³-hybridized carbons (Fsp3) is 0.333. The number of rotatable bonds is 6. The number of carbonyl (C=O) groups is 1. The van der Waals surface area contributed by atoms with E-state index in [4.69, 9.17) is 9.97 Å². The molecule has 3 heterocycles. The Morgan fingerprint density at radius 3 is 2.56 bits per heavy atom. The zero-order valence-electron chi connectivity index (χ0n) is 19.0. The molecule has 4 rings (SSSR count). The molecule has 0 spiro atoms. The lowest BCUT2D eigenvalue weighted by atomic mass is 10.0. The molecule has 1 aromatic carbocycles. The molecule has 0 saturated heterocycles. The highest BCUT2D eigenvalue weighted by Gasteiger charge is 2.25. The number of nitrogens with one attached hydrogen (secondary N) is 2. The van der Waals surface area contributed by atoms with Gasteiger partial charge >= 0.3 is 5.97 Å². The second-order valence-electron chi connectivity index (χ2n) is 9.65. The van der Waals surface area contributed by atoms with Crippen molar-refractivity contribution in [3.05, 3.63) is 48.9 Å². The lowest BCUT2D eigenvalue weighted by Crippen LogP contribution is -2.29. The lowest BCUT2D eigenvalue weighted by Gasteiger charge is -2.23. The van der Waals surface area contributed by atoms with Crippen molar-refractivity contribution in [3.63, 3.8) is 0 Å². The third-order valence-corrected chi connectivity index (χ3v) is 5.15. The zero-order chi connectivity index (χ0) is 23.1. The van der Waals surface area contributed by atoms with Crippen LogP contribution in [-0.2, 0) is 10.3 Å². The number of hydrogen-bond donors (Lipinski definition) is 3. The predicted octanol–water partition coefficient (Wildman–Crippen LogP) is 4.91. The number of carboxylic acid groups (broad SMARTS) is 1. The number of carboxylic acids is 1. The van der Waals surface area contributed by atoms with Gasteiger partial charge in [0, 0.05) is 29.1 Å². The Morgan fingerprint density at radius 1 is 1.12 bits per heavy atom. The third kappa shape index (κ3) is 4.49. The summed E-state index contributed by atoms with van der Waals surface area (Å²) < 4.78 is 1.69. The maximum absolute atomic E-state index is 11.2. The number of H-pyrrole nitrogens is 1. The van der Waals surface area contributed by atoms with E-state index >= 15 is 0 Å². The number of aromatic amines is 1. The second kappa shape index (κ2) is 7.78. The molecule has 0 atom stereocenters. The molecule has 0 amide bonds. The number of benzene rings is 1. The molecule has 0 radical (unpaired) electrons. The topological polar surface area (TPSA) is 109 Å². The first-order valence-electron chi connectivity index (χ1n) is 10.5. The van der Waals surface area contributed by atoms with Gasteiger partial charge in [-0.2, -0.15) is 5.10 Å².